The third-order valence-electron chi connectivity index (χ3n) is 6.47. The summed E-state index contributed by atoms with van der Waals surface area (Å²) in [5, 5.41) is 4.90. The second kappa shape index (κ2) is 7.84. The maximum atomic E-state index is 4.97. The van der Waals surface area contributed by atoms with Crippen molar-refractivity contribution in [1.82, 2.24) is 24.6 Å². The highest BCUT2D eigenvalue weighted by Gasteiger charge is 2.45. The second-order valence-corrected chi connectivity index (χ2v) is 8.79. The van der Waals surface area contributed by atoms with Crippen molar-refractivity contribution in [3.8, 4) is 11.4 Å². The van der Waals surface area contributed by atoms with E-state index in [1.54, 1.807) is 0 Å². The quantitative estimate of drug-likeness (QED) is 0.604. The molecule has 2 unspecified atom stereocenters. The minimum atomic E-state index is 0.654. The maximum Gasteiger partial charge on any atom is 0.181 e. The van der Waals surface area contributed by atoms with Gasteiger partial charge >= 0.3 is 0 Å². The van der Waals surface area contributed by atoms with Crippen molar-refractivity contribution in [1.29, 1.82) is 0 Å². The standard InChI is InChI=1S/C24H30N6/c1-4-28(3)22-10-8-18(9-11-22)24-26-23(16-29-13-19-12-20(19)14-29)30(27-24)15-21-7-5-6-17(2)25-21/h5-11,19-20H,4,12-16H2,1-3H3. The molecule has 2 fully saturated rings. The Morgan fingerprint density at radius 3 is 2.47 bits per heavy atom. The zero-order valence-electron chi connectivity index (χ0n) is 18.1. The Hall–Kier alpha value is -2.73. The van der Waals surface area contributed by atoms with Gasteiger partial charge < -0.3 is 4.90 Å². The molecule has 1 saturated heterocycles. The lowest BCUT2D eigenvalue weighted by molar-refractivity contribution is 0.283. The van der Waals surface area contributed by atoms with Crippen molar-refractivity contribution in [3.05, 3.63) is 59.7 Å². The number of likely N-dealkylation sites (tertiary alicyclic amines) is 1. The van der Waals surface area contributed by atoms with E-state index in [-0.39, 0.29) is 0 Å². The number of aryl methyl sites for hydroxylation is 1. The van der Waals surface area contributed by atoms with Crippen molar-refractivity contribution in [2.24, 2.45) is 11.8 Å². The number of fused-ring (bicyclic) bond motifs is 1. The summed E-state index contributed by atoms with van der Waals surface area (Å²) in [6.07, 6.45) is 1.42. The maximum absolute atomic E-state index is 4.97. The molecule has 5 rings (SSSR count). The van der Waals surface area contributed by atoms with Crippen LogP contribution >= 0.6 is 0 Å². The van der Waals surface area contributed by atoms with E-state index < -0.39 is 0 Å². The Morgan fingerprint density at radius 2 is 1.77 bits per heavy atom. The topological polar surface area (TPSA) is 50.1 Å². The summed E-state index contributed by atoms with van der Waals surface area (Å²) in [6, 6.07) is 14.7. The summed E-state index contributed by atoms with van der Waals surface area (Å²) in [5.74, 6) is 3.67. The molecular weight excluding hydrogens is 372 g/mol. The fourth-order valence-electron chi connectivity index (χ4n) is 4.45. The lowest BCUT2D eigenvalue weighted by Gasteiger charge is -2.17. The molecule has 2 aromatic heterocycles. The predicted octanol–water partition coefficient (Wildman–Crippen LogP) is 3.60. The number of pyridine rings is 1. The smallest absolute Gasteiger partial charge is 0.181 e. The van der Waals surface area contributed by atoms with Gasteiger partial charge in [0, 0.05) is 43.6 Å². The normalized spacial score (nSPS) is 20.4. The van der Waals surface area contributed by atoms with Crippen LogP contribution in [0.25, 0.3) is 11.4 Å². The Labute approximate surface area is 178 Å². The summed E-state index contributed by atoms with van der Waals surface area (Å²) in [7, 11) is 2.11. The van der Waals surface area contributed by atoms with Gasteiger partial charge in [-0.2, -0.15) is 5.10 Å². The van der Waals surface area contributed by atoms with E-state index in [4.69, 9.17) is 10.1 Å². The first-order chi connectivity index (χ1) is 14.6. The van der Waals surface area contributed by atoms with Gasteiger partial charge in [-0.15, -0.1) is 0 Å². The van der Waals surface area contributed by atoms with E-state index in [2.05, 4.69) is 65.2 Å². The van der Waals surface area contributed by atoms with Gasteiger partial charge in [-0.1, -0.05) is 6.07 Å². The first-order valence-electron chi connectivity index (χ1n) is 11.0. The highest BCUT2D eigenvalue weighted by molar-refractivity contribution is 5.60. The van der Waals surface area contributed by atoms with Crippen molar-refractivity contribution >= 4 is 5.69 Å². The molecule has 1 saturated carbocycles. The lowest BCUT2D eigenvalue weighted by Crippen LogP contribution is -2.24. The van der Waals surface area contributed by atoms with Gasteiger partial charge in [-0.25, -0.2) is 9.67 Å². The highest BCUT2D eigenvalue weighted by atomic mass is 15.4. The molecule has 1 aliphatic carbocycles. The molecule has 0 bridgehead atoms. The SMILES string of the molecule is CCN(C)c1ccc(-c2nc(CN3CC4CC4C3)n(Cc3cccc(C)n3)n2)cc1. The number of aromatic nitrogens is 4. The predicted molar refractivity (Wildman–Crippen MR) is 119 cm³/mol. The minimum absolute atomic E-state index is 0.654. The Bertz CT molecular complexity index is 1010. The average molecular weight is 403 g/mol. The molecule has 0 spiro atoms. The molecule has 6 nitrogen and oxygen atoms in total. The van der Waals surface area contributed by atoms with Crippen molar-refractivity contribution in [3.63, 3.8) is 0 Å². The van der Waals surface area contributed by atoms with Crippen LogP contribution in [0, 0.1) is 18.8 Å². The third kappa shape index (κ3) is 3.97. The van der Waals surface area contributed by atoms with E-state index in [0.717, 1.165) is 53.5 Å². The van der Waals surface area contributed by atoms with Crippen LogP contribution in [0.5, 0.6) is 0 Å². The molecule has 3 heterocycles. The number of anilines is 1. The van der Waals surface area contributed by atoms with E-state index in [1.807, 2.05) is 17.7 Å². The zero-order valence-corrected chi connectivity index (χ0v) is 18.1. The second-order valence-electron chi connectivity index (χ2n) is 8.79. The number of rotatable bonds is 7. The summed E-state index contributed by atoms with van der Waals surface area (Å²) in [6.45, 7) is 9.09. The highest BCUT2D eigenvalue weighted by Crippen LogP contribution is 2.45. The van der Waals surface area contributed by atoms with Gasteiger partial charge in [0.2, 0.25) is 0 Å². The molecule has 0 radical (unpaired) electrons. The van der Waals surface area contributed by atoms with Gasteiger partial charge in [0.05, 0.1) is 18.8 Å². The van der Waals surface area contributed by atoms with Crippen LogP contribution in [-0.4, -0.2) is 51.3 Å². The van der Waals surface area contributed by atoms with Crippen LogP contribution in [0.15, 0.2) is 42.5 Å². The molecule has 0 amide bonds. The number of hydrogen-bond donors (Lipinski definition) is 0. The Morgan fingerprint density at radius 1 is 1.00 bits per heavy atom. The average Bonchev–Trinajstić information content (AvgIpc) is 3.17. The fourth-order valence-corrected chi connectivity index (χ4v) is 4.45. The van der Waals surface area contributed by atoms with Gasteiger partial charge in [0.15, 0.2) is 5.82 Å². The molecule has 30 heavy (non-hydrogen) atoms. The van der Waals surface area contributed by atoms with E-state index in [9.17, 15) is 0 Å². The number of piperidine rings is 1. The van der Waals surface area contributed by atoms with Gasteiger partial charge in [-0.3, -0.25) is 9.88 Å². The van der Waals surface area contributed by atoms with Crippen LogP contribution in [0.2, 0.25) is 0 Å². The van der Waals surface area contributed by atoms with Crippen molar-refractivity contribution in [2.75, 3.05) is 31.6 Å². The van der Waals surface area contributed by atoms with Crippen LogP contribution in [0.3, 0.4) is 0 Å². The summed E-state index contributed by atoms with van der Waals surface area (Å²) in [4.78, 5) is 14.4. The van der Waals surface area contributed by atoms with E-state index in [0.29, 0.717) is 6.54 Å². The van der Waals surface area contributed by atoms with Crippen LogP contribution in [0.1, 0.15) is 30.6 Å². The molecule has 156 valence electrons. The molecular formula is C24H30N6. The Kier molecular flexibility index (Phi) is 5.03. The molecule has 0 N–H and O–H groups in total. The number of benzene rings is 1. The molecule has 2 atom stereocenters. The van der Waals surface area contributed by atoms with Crippen molar-refractivity contribution < 1.29 is 0 Å². The van der Waals surface area contributed by atoms with E-state index in [1.165, 1.54) is 25.2 Å². The molecule has 2 aliphatic rings. The van der Waals surface area contributed by atoms with Crippen molar-refractivity contribution in [2.45, 2.75) is 33.4 Å². The summed E-state index contributed by atoms with van der Waals surface area (Å²) in [5.41, 5.74) is 4.33. The number of hydrogen-bond acceptors (Lipinski definition) is 5. The summed E-state index contributed by atoms with van der Waals surface area (Å²) < 4.78 is 2.05. The first kappa shape index (κ1) is 19.2. The van der Waals surface area contributed by atoms with Gasteiger partial charge in [0.25, 0.3) is 0 Å². The molecule has 3 aromatic rings. The molecule has 6 heteroatoms. The molecule has 1 aromatic carbocycles. The largest absolute Gasteiger partial charge is 0.375 e. The summed E-state index contributed by atoms with van der Waals surface area (Å²) >= 11 is 0. The molecule has 1 aliphatic heterocycles. The minimum Gasteiger partial charge on any atom is -0.375 e. The van der Waals surface area contributed by atoms with Crippen LogP contribution in [-0.2, 0) is 13.1 Å². The third-order valence-corrected chi connectivity index (χ3v) is 6.47. The monoisotopic (exact) mass is 402 g/mol. The van der Waals surface area contributed by atoms with Crippen LogP contribution in [0.4, 0.5) is 5.69 Å². The van der Waals surface area contributed by atoms with Gasteiger partial charge in [0.1, 0.15) is 5.82 Å². The van der Waals surface area contributed by atoms with E-state index >= 15 is 0 Å². The fraction of sp³-hybridized carbons (Fsp3) is 0.458. The first-order valence-corrected chi connectivity index (χ1v) is 11.0. The number of nitrogens with zero attached hydrogens (tertiary/aromatic N) is 6. The van der Waals surface area contributed by atoms with Gasteiger partial charge in [-0.05, 0) is 68.5 Å². The Balaban J connectivity index is 1.42. The lowest BCUT2D eigenvalue weighted by atomic mass is 10.2. The van der Waals surface area contributed by atoms with Crippen LogP contribution < -0.4 is 4.90 Å². The zero-order chi connectivity index (χ0) is 20.7.